The number of carbonyl (C=O) groups excluding carboxylic acids is 2. The van der Waals surface area contributed by atoms with E-state index in [4.69, 9.17) is 14.2 Å². The maximum atomic E-state index is 12.4. The molecule has 2 aromatic rings. The molecule has 28 heavy (non-hydrogen) atoms. The van der Waals surface area contributed by atoms with E-state index in [0.29, 0.717) is 16.0 Å². The first-order valence-electron chi connectivity index (χ1n) is 7.94. The number of methoxy groups -OCH3 is 2. The Balaban J connectivity index is 2.10. The molecule has 0 aromatic heterocycles. The van der Waals surface area contributed by atoms with E-state index in [-0.39, 0.29) is 16.9 Å². The molecule has 1 N–H and O–H groups in total. The fourth-order valence-electron chi connectivity index (χ4n) is 2.21. The third-order valence-corrected chi connectivity index (χ3v) is 4.44. The number of anilines is 1. The predicted molar refractivity (Wildman–Crippen MR) is 104 cm³/mol. The van der Waals surface area contributed by atoms with Gasteiger partial charge in [-0.3, -0.25) is 14.9 Å². The second-order valence-electron chi connectivity index (χ2n) is 5.54. The summed E-state index contributed by atoms with van der Waals surface area (Å²) in [6.45, 7) is 1.39. The van der Waals surface area contributed by atoms with Gasteiger partial charge in [0.2, 0.25) is 0 Å². The number of nitro benzene ring substituents is 1. The summed E-state index contributed by atoms with van der Waals surface area (Å²) in [6.07, 6.45) is -1.15. The van der Waals surface area contributed by atoms with Gasteiger partial charge in [-0.25, -0.2) is 4.79 Å². The zero-order chi connectivity index (χ0) is 20.8. The van der Waals surface area contributed by atoms with E-state index in [2.05, 4.69) is 21.2 Å². The number of nitrogens with zero attached hydrogens (tertiary/aromatic N) is 1. The van der Waals surface area contributed by atoms with Crippen molar-refractivity contribution in [2.45, 2.75) is 13.0 Å². The van der Waals surface area contributed by atoms with Crippen molar-refractivity contribution in [3.63, 3.8) is 0 Å². The quantitative estimate of drug-likeness (QED) is 0.387. The highest BCUT2D eigenvalue weighted by atomic mass is 79.9. The summed E-state index contributed by atoms with van der Waals surface area (Å²) < 4.78 is 16.1. The standard InChI is InChI=1S/C18H17BrN2O7/c1-10(17(22)20-12-5-4-6-13(9-12)21(24)25)28-18(23)11-7-14(26-2)16(19)15(8-11)27-3/h4-10H,1-3H3,(H,20,22). The Bertz CT molecular complexity index is 892. The molecular weight excluding hydrogens is 436 g/mol. The molecule has 1 unspecified atom stereocenters. The lowest BCUT2D eigenvalue weighted by molar-refractivity contribution is -0.384. The fourth-order valence-corrected chi connectivity index (χ4v) is 2.76. The topological polar surface area (TPSA) is 117 Å². The van der Waals surface area contributed by atoms with Crippen LogP contribution in [0.5, 0.6) is 11.5 Å². The van der Waals surface area contributed by atoms with Gasteiger partial charge in [0.1, 0.15) is 16.0 Å². The number of carbonyl (C=O) groups is 2. The minimum absolute atomic E-state index is 0.131. The fraction of sp³-hybridized carbons (Fsp3) is 0.222. The molecule has 0 aliphatic carbocycles. The minimum Gasteiger partial charge on any atom is -0.495 e. The largest absolute Gasteiger partial charge is 0.495 e. The smallest absolute Gasteiger partial charge is 0.339 e. The van der Waals surface area contributed by atoms with Crippen LogP contribution in [-0.4, -0.2) is 37.1 Å². The Morgan fingerprint density at radius 1 is 1.14 bits per heavy atom. The number of ether oxygens (including phenoxy) is 3. The number of nitrogens with one attached hydrogen (secondary N) is 1. The maximum Gasteiger partial charge on any atom is 0.339 e. The number of esters is 1. The van der Waals surface area contributed by atoms with Crippen LogP contribution in [-0.2, 0) is 9.53 Å². The highest BCUT2D eigenvalue weighted by Gasteiger charge is 2.22. The van der Waals surface area contributed by atoms with Gasteiger partial charge < -0.3 is 19.5 Å². The molecule has 0 heterocycles. The van der Waals surface area contributed by atoms with E-state index in [0.717, 1.165) is 0 Å². The van der Waals surface area contributed by atoms with Crippen LogP contribution in [0.1, 0.15) is 17.3 Å². The molecule has 2 rings (SSSR count). The summed E-state index contributed by atoms with van der Waals surface area (Å²) in [5.74, 6) is -0.671. The van der Waals surface area contributed by atoms with E-state index in [9.17, 15) is 19.7 Å². The third kappa shape index (κ3) is 4.97. The van der Waals surface area contributed by atoms with E-state index in [1.54, 1.807) is 0 Å². The molecule has 10 heteroatoms. The van der Waals surface area contributed by atoms with Gasteiger partial charge in [-0.05, 0) is 41.1 Å². The van der Waals surface area contributed by atoms with Crippen molar-refractivity contribution in [3.05, 3.63) is 56.5 Å². The number of halogens is 1. The van der Waals surface area contributed by atoms with E-state index in [1.165, 1.54) is 57.5 Å². The Morgan fingerprint density at radius 3 is 2.29 bits per heavy atom. The normalized spacial score (nSPS) is 11.3. The molecule has 0 spiro atoms. The lowest BCUT2D eigenvalue weighted by Crippen LogP contribution is -2.30. The molecular formula is C18H17BrN2O7. The number of non-ortho nitro benzene ring substituents is 1. The third-order valence-electron chi connectivity index (χ3n) is 3.66. The first-order valence-corrected chi connectivity index (χ1v) is 8.74. The van der Waals surface area contributed by atoms with Crippen LogP contribution in [0, 0.1) is 10.1 Å². The summed E-state index contributed by atoms with van der Waals surface area (Å²) in [5.41, 5.74) is 0.178. The monoisotopic (exact) mass is 452 g/mol. The van der Waals surface area contributed by atoms with Crippen molar-refractivity contribution in [2.75, 3.05) is 19.5 Å². The average molecular weight is 453 g/mol. The number of rotatable bonds is 7. The van der Waals surface area contributed by atoms with E-state index < -0.39 is 22.9 Å². The van der Waals surface area contributed by atoms with Gasteiger partial charge in [0.25, 0.3) is 11.6 Å². The Morgan fingerprint density at radius 2 is 1.75 bits per heavy atom. The number of hydrogen-bond donors (Lipinski definition) is 1. The summed E-state index contributed by atoms with van der Waals surface area (Å²) in [5, 5.41) is 13.3. The van der Waals surface area contributed by atoms with Crippen molar-refractivity contribution in [3.8, 4) is 11.5 Å². The molecule has 1 amide bonds. The number of amides is 1. The molecule has 148 valence electrons. The van der Waals surface area contributed by atoms with Gasteiger partial charge in [-0.1, -0.05) is 6.07 Å². The second kappa shape index (κ2) is 9.18. The lowest BCUT2D eigenvalue weighted by Gasteiger charge is -2.15. The molecule has 1 atom stereocenters. The van der Waals surface area contributed by atoms with Crippen LogP contribution < -0.4 is 14.8 Å². The first-order chi connectivity index (χ1) is 13.3. The molecule has 0 fully saturated rings. The van der Waals surface area contributed by atoms with E-state index in [1.807, 2.05) is 0 Å². The molecule has 2 aromatic carbocycles. The Kier molecular flexibility index (Phi) is 6.94. The molecule has 0 aliphatic heterocycles. The van der Waals surface area contributed by atoms with Crippen molar-refractivity contribution in [2.24, 2.45) is 0 Å². The summed E-state index contributed by atoms with van der Waals surface area (Å²) in [6, 6.07) is 8.32. The van der Waals surface area contributed by atoms with Gasteiger partial charge in [0.15, 0.2) is 6.10 Å². The zero-order valence-corrected chi connectivity index (χ0v) is 16.8. The summed E-state index contributed by atoms with van der Waals surface area (Å²) >= 11 is 3.30. The van der Waals surface area contributed by atoms with E-state index >= 15 is 0 Å². The average Bonchev–Trinajstić information content (AvgIpc) is 2.68. The molecule has 9 nitrogen and oxygen atoms in total. The maximum absolute atomic E-state index is 12.4. The van der Waals surface area contributed by atoms with Gasteiger partial charge in [-0.15, -0.1) is 0 Å². The number of hydrogen-bond acceptors (Lipinski definition) is 7. The molecule has 0 saturated heterocycles. The second-order valence-corrected chi connectivity index (χ2v) is 6.33. The highest BCUT2D eigenvalue weighted by molar-refractivity contribution is 9.10. The molecule has 0 bridgehead atoms. The van der Waals surface area contributed by atoms with Crippen molar-refractivity contribution in [1.82, 2.24) is 0 Å². The highest BCUT2D eigenvalue weighted by Crippen LogP contribution is 2.35. The van der Waals surface area contributed by atoms with Gasteiger partial charge in [0.05, 0.1) is 24.7 Å². The van der Waals surface area contributed by atoms with Crippen LogP contribution in [0.2, 0.25) is 0 Å². The summed E-state index contributed by atoms with van der Waals surface area (Å²) in [7, 11) is 2.87. The van der Waals surface area contributed by atoms with Crippen molar-refractivity contribution in [1.29, 1.82) is 0 Å². The van der Waals surface area contributed by atoms with Crippen LogP contribution in [0.3, 0.4) is 0 Å². The summed E-state index contributed by atoms with van der Waals surface area (Å²) in [4.78, 5) is 34.9. The van der Waals surface area contributed by atoms with Crippen molar-refractivity contribution >= 4 is 39.2 Å². The van der Waals surface area contributed by atoms with Crippen LogP contribution in [0.4, 0.5) is 11.4 Å². The predicted octanol–water partition coefficient (Wildman–Crippen LogP) is 3.56. The lowest BCUT2D eigenvalue weighted by atomic mass is 10.2. The number of benzene rings is 2. The van der Waals surface area contributed by atoms with Crippen LogP contribution in [0.15, 0.2) is 40.9 Å². The molecule has 0 radical (unpaired) electrons. The first kappa shape index (κ1) is 21.2. The van der Waals surface area contributed by atoms with Crippen LogP contribution in [0.25, 0.3) is 0 Å². The molecule has 0 aliphatic rings. The number of nitro groups is 1. The van der Waals surface area contributed by atoms with Gasteiger partial charge in [-0.2, -0.15) is 0 Å². The van der Waals surface area contributed by atoms with Gasteiger partial charge in [0, 0.05) is 17.8 Å². The van der Waals surface area contributed by atoms with Crippen LogP contribution >= 0.6 is 15.9 Å². The molecule has 0 saturated carbocycles. The van der Waals surface area contributed by atoms with Crippen molar-refractivity contribution < 1.29 is 28.7 Å². The Hall–Kier alpha value is -3.14. The van der Waals surface area contributed by atoms with Gasteiger partial charge >= 0.3 is 5.97 Å². The minimum atomic E-state index is -1.15. The zero-order valence-electron chi connectivity index (χ0n) is 15.2. The Labute approximate surface area is 168 Å². The SMILES string of the molecule is COc1cc(C(=O)OC(C)C(=O)Nc2cccc([N+](=O)[O-])c2)cc(OC)c1Br.